The van der Waals surface area contributed by atoms with Crippen LogP contribution in [0.5, 0.6) is 0 Å². The molecule has 1 saturated heterocycles. The summed E-state index contributed by atoms with van der Waals surface area (Å²) >= 11 is 0. The van der Waals surface area contributed by atoms with Crippen LogP contribution in [0, 0.1) is 5.92 Å². The quantitative estimate of drug-likeness (QED) is 0.258. The second-order valence-corrected chi connectivity index (χ2v) is 6.11. The molecule has 0 aromatic heterocycles. The Labute approximate surface area is 154 Å². The first-order valence-electron chi connectivity index (χ1n) is 9.04. The lowest BCUT2D eigenvalue weighted by Crippen LogP contribution is -2.40. The fourth-order valence-corrected chi connectivity index (χ4v) is 2.91. The summed E-state index contributed by atoms with van der Waals surface area (Å²) in [5.41, 5.74) is 0. The Kier molecular flexibility index (Phi) is 14.5. The third kappa shape index (κ3) is 9.87. The molecule has 0 aromatic carbocycles. The Balaban J connectivity index is 0.00000441. The smallest absolute Gasteiger partial charge is 0.191 e. The molecule has 1 atom stereocenters. The molecule has 0 aromatic rings. The minimum absolute atomic E-state index is 0. The van der Waals surface area contributed by atoms with Crippen molar-refractivity contribution in [3.63, 3.8) is 0 Å². The van der Waals surface area contributed by atoms with E-state index < -0.39 is 0 Å². The topological polar surface area (TPSA) is 39.7 Å². The molecule has 4 nitrogen and oxygen atoms in total. The lowest BCUT2D eigenvalue weighted by molar-refractivity contribution is 0.186. The van der Waals surface area contributed by atoms with Crippen LogP contribution >= 0.6 is 24.0 Å². The molecule has 0 radical (unpaired) electrons. The standard InChI is InChI=1S/C17H36N4.HI/c1-4-7-8-9-12-19-17(18-5-2)20-14-16-11-10-13-21(6-3)15-16;/h16H,4-15H2,1-3H3,(H2,18,19,20);1H. The maximum Gasteiger partial charge on any atom is 0.191 e. The van der Waals surface area contributed by atoms with Crippen LogP contribution in [0.1, 0.15) is 59.3 Å². The highest BCUT2D eigenvalue weighted by atomic mass is 127. The van der Waals surface area contributed by atoms with Gasteiger partial charge in [0.1, 0.15) is 0 Å². The van der Waals surface area contributed by atoms with Gasteiger partial charge >= 0.3 is 0 Å². The third-order valence-electron chi connectivity index (χ3n) is 4.22. The monoisotopic (exact) mass is 424 g/mol. The fraction of sp³-hybridized carbons (Fsp3) is 0.941. The molecule has 0 aliphatic carbocycles. The molecule has 1 unspecified atom stereocenters. The van der Waals surface area contributed by atoms with E-state index in [0.717, 1.165) is 31.5 Å². The predicted molar refractivity (Wildman–Crippen MR) is 108 cm³/mol. The van der Waals surface area contributed by atoms with Crippen molar-refractivity contribution in [1.82, 2.24) is 15.5 Å². The van der Waals surface area contributed by atoms with Crippen molar-refractivity contribution < 1.29 is 0 Å². The van der Waals surface area contributed by atoms with Gasteiger partial charge in [-0.15, -0.1) is 24.0 Å². The van der Waals surface area contributed by atoms with Crippen LogP contribution in [0.4, 0.5) is 0 Å². The lowest BCUT2D eigenvalue weighted by Gasteiger charge is -2.31. The van der Waals surface area contributed by atoms with Gasteiger partial charge in [0, 0.05) is 26.2 Å². The number of guanidine groups is 1. The number of aliphatic imine (C=N–C) groups is 1. The fourth-order valence-electron chi connectivity index (χ4n) is 2.91. The lowest BCUT2D eigenvalue weighted by atomic mass is 9.98. The maximum absolute atomic E-state index is 4.79. The molecule has 0 bridgehead atoms. The van der Waals surface area contributed by atoms with Gasteiger partial charge in [-0.25, -0.2) is 0 Å². The Morgan fingerprint density at radius 2 is 1.95 bits per heavy atom. The molecule has 0 saturated carbocycles. The molecule has 1 rings (SSSR count). The van der Waals surface area contributed by atoms with Gasteiger partial charge in [0.05, 0.1) is 0 Å². The zero-order chi connectivity index (χ0) is 15.3. The molecule has 132 valence electrons. The molecule has 22 heavy (non-hydrogen) atoms. The second kappa shape index (κ2) is 14.5. The third-order valence-corrected chi connectivity index (χ3v) is 4.22. The van der Waals surface area contributed by atoms with Crippen molar-refractivity contribution >= 4 is 29.9 Å². The number of piperidine rings is 1. The molecule has 1 aliphatic heterocycles. The highest BCUT2D eigenvalue weighted by Gasteiger charge is 2.18. The van der Waals surface area contributed by atoms with Gasteiger partial charge in [-0.1, -0.05) is 33.1 Å². The number of rotatable bonds is 9. The van der Waals surface area contributed by atoms with Crippen LogP contribution in [-0.4, -0.2) is 50.1 Å². The molecule has 2 N–H and O–H groups in total. The molecular weight excluding hydrogens is 387 g/mol. The first kappa shape index (κ1) is 22.0. The zero-order valence-electron chi connectivity index (χ0n) is 14.9. The number of unbranched alkanes of at least 4 members (excludes halogenated alkanes) is 3. The number of hydrogen-bond donors (Lipinski definition) is 2. The van der Waals surface area contributed by atoms with Gasteiger partial charge in [-0.2, -0.15) is 0 Å². The summed E-state index contributed by atoms with van der Waals surface area (Å²) in [6.45, 7) is 13.2. The minimum Gasteiger partial charge on any atom is -0.357 e. The molecule has 0 amide bonds. The van der Waals surface area contributed by atoms with Crippen LogP contribution in [0.25, 0.3) is 0 Å². The summed E-state index contributed by atoms with van der Waals surface area (Å²) < 4.78 is 0. The molecular formula is C17H37IN4. The van der Waals surface area contributed by atoms with Crippen molar-refractivity contribution in [2.45, 2.75) is 59.3 Å². The van der Waals surface area contributed by atoms with Crippen LogP contribution in [0.2, 0.25) is 0 Å². The average Bonchev–Trinajstić information content (AvgIpc) is 2.52. The van der Waals surface area contributed by atoms with E-state index in [-0.39, 0.29) is 24.0 Å². The van der Waals surface area contributed by atoms with Gasteiger partial charge in [0.15, 0.2) is 5.96 Å². The summed E-state index contributed by atoms with van der Waals surface area (Å²) in [5.74, 6) is 1.73. The van der Waals surface area contributed by atoms with Gasteiger partial charge < -0.3 is 15.5 Å². The van der Waals surface area contributed by atoms with E-state index in [1.165, 1.54) is 58.2 Å². The first-order valence-corrected chi connectivity index (χ1v) is 9.04. The normalized spacial score (nSPS) is 19.6. The highest BCUT2D eigenvalue weighted by molar-refractivity contribution is 14.0. The predicted octanol–water partition coefficient (Wildman–Crippen LogP) is 3.47. The minimum atomic E-state index is 0. The molecule has 5 heteroatoms. The van der Waals surface area contributed by atoms with Crippen LogP contribution in [0.3, 0.4) is 0 Å². The second-order valence-electron chi connectivity index (χ2n) is 6.11. The molecule has 1 fully saturated rings. The van der Waals surface area contributed by atoms with Crippen molar-refractivity contribution in [3.8, 4) is 0 Å². The number of likely N-dealkylation sites (tertiary alicyclic amines) is 1. The van der Waals surface area contributed by atoms with E-state index in [0.29, 0.717) is 0 Å². The van der Waals surface area contributed by atoms with Gasteiger partial charge in [-0.05, 0) is 45.2 Å². The van der Waals surface area contributed by atoms with Crippen molar-refractivity contribution in [2.24, 2.45) is 10.9 Å². The van der Waals surface area contributed by atoms with Crippen molar-refractivity contribution in [3.05, 3.63) is 0 Å². The molecule has 1 aliphatic rings. The van der Waals surface area contributed by atoms with E-state index in [4.69, 9.17) is 4.99 Å². The largest absolute Gasteiger partial charge is 0.357 e. The van der Waals surface area contributed by atoms with E-state index in [1.807, 2.05) is 0 Å². The summed E-state index contributed by atoms with van der Waals surface area (Å²) in [6.07, 6.45) is 7.85. The number of nitrogens with one attached hydrogen (secondary N) is 2. The average molecular weight is 424 g/mol. The van der Waals surface area contributed by atoms with Crippen molar-refractivity contribution in [2.75, 3.05) is 39.3 Å². The summed E-state index contributed by atoms with van der Waals surface area (Å²) in [5, 5.41) is 6.83. The van der Waals surface area contributed by atoms with E-state index in [9.17, 15) is 0 Å². The Morgan fingerprint density at radius 1 is 1.14 bits per heavy atom. The zero-order valence-corrected chi connectivity index (χ0v) is 17.2. The summed E-state index contributed by atoms with van der Waals surface area (Å²) in [7, 11) is 0. The summed E-state index contributed by atoms with van der Waals surface area (Å²) in [4.78, 5) is 7.34. The van der Waals surface area contributed by atoms with Crippen LogP contribution in [0.15, 0.2) is 4.99 Å². The van der Waals surface area contributed by atoms with Gasteiger partial charge in [0.2, 0.25) is 0 Å². The van der Waals surface area contributed by atoms with Crippen LogP contribution < -0.4 is 10.6 Å². The molecule has 1 heterocycles. The first-order chi connectivity index (χ1) is 10.3. The van der Waals surface area contributed by atoms with Crippen LogP contribution in [-0.2, 0) is 0 Å². The van der Waals surface area contributed by atoms with E-state index in [2.05, 4.69) is 36.3 Å². The highest BCUT2D eigenvalue weighted by Crippen LogP contribution is 2.16. The SMILES string of the molecule is CCCCCCNC(=NCC1CCCN(CC)C1)NCC.I. The maximum atomic E-state index is 4.79. The number of nitrogens with zero attached hydrogens (tertiary/aromatic N) is 2. The number of halogens is 1. The number of hydrogen-bond acceptors (Lipinski definition) is 2. The van der Waals surface area contributed by atoms with Gasteiger partial charge in [-0.3, -0.25) is 4.99 Å². The Hall–Kier alpha value is -0.0400. The van der Waals surface area contributed by atoms with E-state index in [1.54, 1.807) is 0 Å². The summed E-state index contributed by atoms with van der Waals surface area (Å²) in [6, 6.07) is 0. The van der Waals surface area contributed by atoms with E-state index >= 15 is 0 Å². The Morgan fingerprint density at radius 3 is 2.64 bits per heavy atom. The Bertz CT molecular complexity index is 284. The van der Waals surface area contributed by atoms with Gasteiger partial charge in [0.25, 0.3) is 0 Å². The van der Waals surface area contributed by atoms with Crippen molar-refractivity contribution in [1.29, 1.82) is 0 Å². The molecule has 0 spiro atoms.